The number of fused-ring (bicyclic) bond motifs is 1. The molecule has 1 atom stereocenters. The van der Waals surface area contributed by atoms with Crippen LogP contribution in [-0.2, 0) is 0 Å². The lowest BCUT2D eigenvalue weighted by molar-refractivity contribution is 0.110. The Balaban J connectivity index is 1.57. The van der Waals surface area contributed by atoms with E-state index in [2.05, 4.69) is 9.80 Å². The van der Waals surface area contributed by atoms with Crippen molar-refractivity contribution < 1.29 is 13.6 Å². The molecule has 0 saturated carbocycles. The van der Waals surface area contributed by atoms with Gasteiger partial charge in [0.25, 0.3) is 0 Å². The molecule has 0 amide bonds. The van der Waals surface area contributed by atoms with E-state index in [-0.39, 0.29) is 11.6 Å². The molecule has 1 aromatic heterocycles. The monoisotopic (exact) mass is 314 g/mol. The number of furan rings is 1. The Morgan fingerprint density at radius 3 is 2.87 bits per heavy atom. The predicted octanol–water partition coefficient (Wildman–Crippen LogP) is 3.18. The Hall–Kier alpha value is -2.14. The van der Waals surface area contributed by atoms with Crippen molar-refractivity contribution >= 4 is 12.0 Å². The molecule has 1 unspecified atom stereocenters. The first kappa shape index (κ1) is 14.5. The number of nitrogens with zero attached hydrogens (tertiary/aromatic N) is 2. The van der Waals surface area contributed by atoms with Crippen molar-refractivity contribution in [3.05, 3.63) is 41.9 Å². The number of halogens is 1. The molecule has 5 heteroatoms. The topological polar surface area (TPSA) is 36.7 Å². The van der Waals surface area contributed by atoms with Crippen LogP contribution in [-0.4, -0.2) is 43.4 Å². The molecule has 0 spiro atoms. The van der Waals surface area contributed by atoms with Crippen LogP contribution in [0.5, 0.6) is 0 Å². The maximum Gasteiger partial charge on any atom is 0.185 e. The lowest BCUT2D eigenvalue weighted by Crippen LogP contribution is -2.50. The molecule has 2 fully saturated rings. The molecule has 2 aromatic rings. The van der Waals surface area contributed by atoms with Crippen molar-refractivity contribution in [1.29, 1.82) is 0 Å². The molecule has 4 rings (SSSR count). The molecule has 2 aliphatic rings. The van der Waals surface area contributed by atoms with Crippen LogP contribution in [0.1, 0.15) is 23.4 Å². The Labute approximate surface area is 134 Å². The maximum atomic E-state index is 14.6. The van der Waals surface area contributed by atoms with Gasteiger partial charge in [-0.1, -0.05) is 0 Å². The van der Waals surface area contributed by atoms with Crippen LogP contribution in [0.25, 0.3) is 11.3 Å². The van der Waals surface area contributed by atoms with Crippen LogP contribution in [0.4, 0.5) is 10.1 Å². The number of hydrogen-bond acceptors (Lipinski definition) is 4. The van der Waals surface area contributed by atoms with Gasteiger partial charge in [-0.15, -0.1) is 0 Å². The molecule has 2 saturated heterocycles. The maximum absolute atomic E-state index is 14.6. The van der Waals surface area contributed by atoms with Crippen LogP contribution in [0.3, 0.4) is 0 Å². The molecule has 120 valence electrons. The summed E-state index contributed by atoms with van der Waals surface area (Å²) in [4.78, 5) is 15.3. The van der Waals surface area contributed by atoms with Crippen molar-refractivity contribution in [2.45, 2.75) is 18.9 Å². The number of rotatable bonds is 3. The molecule has 0 radical (unpaired) electrons. The summed E-state index contributed by atoms with van der Waals surface area (Å²) in [6.45, 7) is 3.94. The zero-order valence-electron chi connectivity index (χ0n) is 12.9. The van der Waals surface area contributed by atoms with Crippen LogP contribution in [0.15, 0.2) is 34.7 Å². The van der Waals surface area contributed by atoms with Crippen LogP contribution < -0.4 is 4.90 Å². The summed E-state index contributed by atoms with van der Waals surface area (Å²) in [5, 5.41) is 0. The van der Waals surface area contributed by atoms with Crippen molar-refractivity contribution in [2.24, 2.45) is 0 Å². The normalized spacial score (nSPS) is 21.4. The van der Waals surface area contributed by atoms with Crippen molar-refractivity contribution in [2.75, 3.05) is 31.1 Å². The Morgan fingerprint density at radius 1 is 1.17 bits per heavy atom. The molecule has 0 aliphatic carbocycles. The first-order valence-corrected chi connectivity index (χ1v) is 8.08. The molecule has 4 nitrogen and oxygen atoms in total. The fourth-order valence-electron chi connectivity index (χ4n) is 3.70. The van der Waals surface area contributed by atoms with Crippen molar-refractivity contribution in [3.8, 4) is 11.3 Å². The minimum absolute atomic E-state index is 0.238. The number of piperazine rings is 1. The predicted molar refractivity (Wildman–Crippen MR) is 86.3 cm³/mol. The number of carbonyl (C=O) groups excluding carboxylic acids is 1. The van der Waals surface area contributed by atoms with Gasteiger partial charge < -0.3 is 9.32 Å². The number of benzene rings is 1. The molecular weight excluding hydrogens is 295 g/mol. The zero-order chi connectivity index (χ0) is 15.8. The summed E-state index contributed by atoms with van der Waals surface area (Å²) >= 11 is 0. The second-order valence-corrected chi connectivity index (χ2v) is 6.26. The first-order chi connectivity index (χ1) is 11.2. The SMILES string of the molecule is O=Cc1ccc(-c2ccc(N3CCN4CCCC4C3)c(F)c2)o1. The van der Waals surface area contributed by atoms with E-state index >= 15 is 0 Å². The van der Waals surface area contributed by atoms with E-state index in [4.69, 9.17) is 4.42 Å². The average molecular weight is 314 g/mol. The number of anilines is 1. The molecule has 2 aliphatic heterocycles. The lowest BCUT2D eigenvalue weighted by atomic mass is 10.1. The molecule has 23 heavy (non-hydrogen) atoms. The largest absolute Gasteiger partial charge is 0.453 e. The van der Waals surface area contributed by atoms with Gasteiger partial charge in [-0.3, -0.25) is 9.69 Å². The minimum Gasteiger partial charge on any atom is -0.453 e. The summed E-state index contributed by atoms with van der Waals surface area (Å²) in [5.41, 5.74) is 1.31. The van der Waals surface area contributed by atoms with Gasteiger partial charge in [0.1, 0.15) is 11.6 Å². The molecule has 1 aromatic carbocycles. The van der Waals surface area contributed by atoms with E-state index in [1.54, 1.807) is 12.1 Å². The summed E-state index contributed by atoms with van der Waals surface area (Å²) in [7, 11) is 0. The van der Waals surface area contributed by atoms with E-state index in [0.29, 0.717) is 29.3 Å². The van der Waals surface area contributed by atoms with Gasteiger partial charge in [-0.25, -0.2) is 4.39 Å². The van der Waals surface area contributed by atoms with E-state index in [0.717, 1.165) is 19.6 Å². The van der Waals surface area contributed by atoms with Crippen LogP contribution >= 0.6 is 0 Å². The van der Waals surface area contributed by atoms with Crippen molar-refractivity contribution in [3.63, 3.8) is 0 Å². The standard InChI is InChI=1S/C18H19FN2O2/c19-16-10-13(18-6-4-15(12-22)23-18)3-5-17(16)21-9-8-20-7-1-2-14(20)11-21/h3-6,10,12,14H,1-2,7-9,11H2. The van der Waals surface area contributed by atoms with E-state index < -0.39 is 0 Å². The smallest absolute Gasteiger partial charge is 0.185 e. The highest BCUT2D eigenvalue weighted by Crippen LogP contribution is 2.30. The van der Waals surface area contributed by atoms with E-state index in [1.165, 1.54) is 25.5 Å². The summed E-state index contributed by atoms with van der Waals surface area (Å²) < 4.78 is 19.9. The van der Waals surface area contributed by atoms with Crippen LogP contribution in [0.2, 0.25) is 0 Å². The molecule has 0 N–H and O–H groups in total. The second kappa shape index (κ2) is 5.81. The third-order valence-electron chi connectivity index (χ3n) is 4.90. The van der Waals surface area contributed by atoms with Gasteiger partial charge in [-0.2, -0.15) is 0 Å². The zero-order valence-corrected chi connectivity index (χ0v) is 12.9. The number of hydrogen-bond donors (Lipinski definition) is 0. The highest BCUT2D eigenvalue weighted by atomic mass is 19.1. The fourth-order valence-corrected chi connectivity index (χ4v) is 3.70. The summed E-state index contributed by atoms with van der Waals surface area (Å²) in [5.74, 6) is 0.526. The van der Waals surface area contributed by atoms with Crippen LogP contribution in [0, 0.1) is 5.82 Å². The van der Waals surface area contributed by atoms with Gasteiger partial charge in [0, 0.05) is 31.2 Å². The van der Waals surface area contributed by atoms with Gasteiger partial charge in [0.15, 0.2) is 12.0 Å². The first-order valence-electron chi connectivity index (χ1n) is 8.08. The quantitative estimate of drug-likeness (QED) is 0.815. The highest BCUT2D eigenvalue weighted by Gasteiger charge is 2.31. The number of aldehydes is 1. The lowest BCUT2D eigenvalue weighted by Gasteiger charge is -2.38. The van der Waals surface area contributed by atoms with Gasteiger partial charge in [0.2, 0.25) is 0 Å². The highest BCUT2D eigenvalue weighted by molar-refractivity contribution is 5.73. The third-order valence-corrected chi connectivity index (χ3v) is 4.90. The van der Waals surface area contributed by atoms with Crippen molar-refractivity contribution in [1.82, 2.24) is 4.90 Å². The van der Waals surface area contributed by atoms with E-state index in [9.17, 15) is 9.18 Å². The minimum atomic E-state index is -0.238. The summed E-state index contributed by atoms with van der Waals surface area (Å²) in [6, 6.07) is 9.00. The summed E-state index contributed by atoms with van der Waals surface area (Å²) in [6.07, 6.45) is 3.10. The fraction of sp³-hybridized carbons (Fsp3) is 0.389. The average Bonchev–Trinajstić information content (AvgIpc) is 3.23. The molecular formula is C18H19FN2O2. The number of carbonyl (C=O) groups is 1. The Bertz CT molecular complexity index is 728. The van der Waals surface area contributed by atoms with Gasteiger partial charge >= 0.3 is 0 Å². The van der Waals surface area contributed by atoms with Gasteiger partial charge in [-0.05, 0) is 49.7 Å². The Morgan fingerprint density at radius 2 is 2.09 bits per heavy atom. The molecule has 3 heterocycles. The molecule has 0 bridgehead atoms. The Kier molecular flexibility index (Phi) is 3.65. The van der Waals surface area contributed by atoms with E-state index in [1.807, 2.05) is 12.1 Å². The second-order valence-electron chi connectivity index (χ2n) is 6.26. The van der Waals surface area contributed by atoms with Gasteiger partial charge in [0.05, 0.1) is 5.69 Å². The third kappa shape index (κ3) is 2.65.